The lowest BCUT2D eigenvalue weighted by atomic mass is 10.0. The highest BCUT2D eigenvalue weighted by molar-refractivity contribution is 7.09. The summed E-state index contributed by atoms with van der Waals surface area (Å²) in [7, 11) is 4.07. The lowest BCUT2D eigenvalue weighted by Gasteiger charge is -2.16. The number of benzene rings is 1. The predicted octanol–water partition coefficient (Wildman–Crippen LogP) is 2.76. The van der Waals surface area contributed by atoms with Gasteiger partial charge >= 0.3 is 0 Å². The first-order chi connectivity index (χ1) is 8.56. The van der Waals surface area contributed by atoms with Gasteiger partial charge in [0.1, 0.15) is 0 Å². The third kappa shape index (κ3) is 3.09. The van der Waals surface area contributed by atoms with Crippen LogP contribution in [0.4, 0.5) is 5.69 Å². The first kappa shape index (κ1) is 13.1. The number of thiazole rings is 1. The number of hydrogen-bond donors (Lipinski definition) is 1. The van der Waals surface area contributed by atoms with Crippen molar-refractivity contribution in [3.63, 3.8) is 0 Å². The summed E-state index contributed by atoms with van der Waals surface area (Å²) in [5.74, 6) is 0. The van der Waals surface area contributed by atoms with E-state index >= 15 is 0 Å². The topological polar surface area (TPSA) is 42.1 Å². The van der Waals surface area contributed by atoms with E-state index in [1.807, 2.05) is 21.0 Å². The van der Waals surface area contributed by atoms with Crippen molar-refractivity contribution in [1.29, 1.82) is 0 Å². The molecule has 0 fully saturated rings. The second kappa shape index (κ2) is 5.50. The monoisotopic (exact) mass is 261 g/mol. The Labute approximate surface area is 112 Å². The quantitative estimate of drug-likeness (QED) is 0.920. The van der Waals surface area contributed by atoms with Gasteiger partial charge in [-0.25, -0.2) is 4.98 Å². The Morgan fingerprint density at radius 3 is 2.78 bits per heavy atom. The lowest BCUT2D eigenvalue weighted by molar-refractivity contribution is 0.709. The number of aromatic nitrogens is 1. The Morgan fingerprint density at radius 2 is 2.17 bits per heavy atom. The predicted molar refractivity (Wildman–Crippen MR) is 78.3 cm³/mol. The molecule has 1 heterocycles. The molecule has 0 saturated heterocycles. The maximum Gasteiger partial charge on any atom is 0.0897 e. The van der Waals surface area contributed by atoms with E-state index in [4.69, 9.17) is 5.73 Å². The zero-order valence-corrected chi connectivity index (χ0v) is 11.9. The summed E-state index contributed by atoms with van der Waals surface area (Å²) in [4.78, 5) is 6.55. The molecule has 3 nitrogen and oxygen atoms in total. The zero-order valence-electron chi connectivity index (χ0n) is 11.1. The summed E-state index contributed by atoms with van der Waals surface area (Å²) in [6.45, 7) is 2.02. The molecule has 0 aliphatic rings. The van der Waals surface area contributed by atoms with Crippen LogP contribution in [0.2, 0.25) is 0 Å². The van der Waals surface area contributed by atoms with E-state index in [9.17, 15) is 0 Å². The highest BCUT2D eigenvalue weighted by Gasteiger charge is 2.10. The summed E-state index contributed by atoms with van der Waals surface area (Å²) in [5, 5.41) is 3.18. The van der Waals surface area contributed by atoms with Crippen LogP contribution in [-0.4, -0.2) is 19.1 Å². The van der Waals surface area contributed by atoms with Crippen LogP contribution < -0.4 is 10.6 Å². The molecule has 1 aromatic carbocycles. The molecule has 1 atom stereocenters. The molecule has 4 heteroatoms. The molecular formula is C14H19N3S. The van der Waals surface area contributed by atoms with Crippen molar-refractivity contribution in [3.05, 3.63) is 45.9 Å². The summed E-state index contributed by atoms with van der Waals surface area (Å²) in [5.41, 5.74) is 9.67. The summed E-state index contributed by atoms with van der Waals surface area (Å²) >= 11 is 1.67. The third-order valence-electron chi connectivity index (χ3n) is 2.91. The van der Waals surface area contributed by atoms with Gasteiger partial charge in [0.25, 0.3) is 0 Å². The number of nitrogens with zero attached hydrogens (tertiary/aromatic N) is 2. The number of rotatable bonds is 4. The van der Waals surface area contributed by atoms with E-state index in [-0.39, 0.29) is 6.04 Å². The molecule has 96 valence electrons. The van der Waals surface area contributed by atoms with E-state index in [1.165, 1.54) is 5.69 Å². The Morgan fingerprint density at radius 1 is 1.39 bits per heavy atom. The van der Waals surface area contributed by atoms with E-state index in [1.54, 1.807) is 11.3 Å². The number of anilines is 1. The van der Waals surface area contributed by atoms with E-state index in [0.29, 0.717) is 0 Å². The molecule has 1 unspecified atom stereocenters. The Kier molecular flexibility index (Phi) is 3.99. The first-order valence-corrected chi connectivity index (χ1v) is 6.88. The fourth-order valence-corrected chi connectivity index (χ4v) is 2.50. The minimum atomic E-state index is 0.00593. The van der Waals surface area contributed by atoms with Gasteiger partial charge in [-0.3, -0.25) is 0 Å². The van der Waals surface area contributed by atoms with Gasteiger partial charge in [-0.1, -0.05) is 12.1 Å². The molecule has 0 spiro atoms. The Hall–Kier alpha value is -1.39. The molecule has 1 aromatic heterocycles. The van der Waals surface area contributed by atoms with Crippen molar-refractivity contribution in [2.24, 2.45) is 5.73 Å². The van der Waals surface area contributed by atoms with Gasteiger partial charge in [-0.05, 0) is 24.6 Å². The fourth-order valence-electron chi connectivity index (χ4n) is 1.88. The number of hydrogen-bond acceptors (Lipinski definition) is 4. The van der Waals surface area contributed by atoms with Crippen LogP contribution in [0.15, 0.2) is 29.6 Å². The third-order valence-corrected chi connectivity index (χ3v) is 3.73. The van der Waals surface area contributed by atoms with Gasteiger partial charge < -0.3 is 10.6 Å². The van der Waals surface area contributed by atoms with Gasteiger partial charge in [0, 0.05) is 37.6 Å². The molecule has 0 radical (unpaired) electrons. The van der Waals surface area contributed by atoms with Crippen LogP contribution in [0, 0.1) is 6.92 Å². The van der Waals surface area contributed by atoms with Crippen molar-refractivity contribution in [2.45, 2.75) is 19.4 Å². The van der Waals surface area contributed by atoms with Crippen molar-refractivity contribution in [2.75, 3.05) is 19.0 Å². The van der Waals surface area contributed by atoms with Crippen LogP contribution in [0.1, 0.15) is 22.3 Å². The maximum absolute atomic E-state index is 6.25. The summed E-state index contributed by atoms with van der Waals surface area (Å²) < 4.78 is 0. The maximum atomic E-state index is 6.25. The van der Waals surface area contributed by atoms with E-state index in [2.05, 4.69) is 39.5 Å². The minimum Gasteiger partial charge on any atom is -0.378 e. The van der Waals surface area contributed by atoms with Crippen molar-refractivity contribution < 1.29 is 0 Å². The average molecular weight is 261 g/mol. The Balaban J connectivity index is 2.13. The second-order valence-corrected chi connectivity index (χ2v) is 5.72. The van der Waals surface area contributed by atoms with Crippen LogP contribution >= 0.6 is 11.3 Å². The summed E-state index contributed by atoms with van der Waals surface area (Å²) in [6.07, 6.45) is 0.793. The first-order valence-electron chi connectivity index (χ1n) is 6.00. The molecule has 0 aliphatic heterocycles. The SMILES string of the molecule is Cc1nc(CC(N)c2cccc(N(C)C)c2)cs1. The van der Waals surface area contributed by atoms with Crippen molar-refractivity contribution in [3.8, 4) is 0 Å². The van der Waals surface area contributed by atoms with Gasteiger partial charge in [-0.2, -0.15) is 0 Å². The molecule has 0 amide bonds. The van der Waals surface area contributed by atoms with Crippen molar-refractivity contribution in [1.82, 2.24) is 4.98 Å². The lowest BCUT2D eigenvalue weighted by Crippen LogP contribution is -2.15. The number of nitrogens with two attached hydrogens (primary N) is 1. The van der Waals surface area contributed by atoms with Crippen LogP contribution in [0.3, 0.4) is 0 Å². The van der Waals surface area contributed by atoms with Gasteiger partial charge in [0.2, 0.25) is 0 Å². The highest BCUT2D eigenvalue weighted by Crippen LogP contribution is 2.21. The normalized spacial score (nSPS) is 12.4. The molecular weight excluding hydrogens is 242 g/mol. The average Bonchev–Trinajstić information content (AvgIpc) is 2.75. The molecule has 2 rings (SSSR count). The van der Waals surface area contributed by atoms with Crippen LogP contribution in [0.5, 0.6) is 0 Å². The zero-order chi connectivity index (χ0) is 13.1. The molecule has 0 saturated carbocycles. The van der Waals surface area contributed by atoms with Crippen LogP contribution in [-0.2, 0) is 6.42 Å². The molecule has 0 bridgehead atoms. The van der Waals surface area contributed by atoms with Crippen LogP contribution in [0.25, 0.3) is 0 Å². The molecule has 18 heavy (non-hydrogen) atoms. The molecule has 2 N–H and O–H groups in total. The van der Waals surface area contributed by atoms with E-state index < -0.39 is 0 Å². The molecule has 2 aromatic rings. The van der Waals surface area contributed by atoms with Gasteiger partial charge in [-0.15, -0.1) is 11.3 Å². The second-order valence-electron chi connectivity index (χ2n) is 4.66. The molecule has 0 aliphatic carbocycles. The van der Waals surface area contributed by atoms with Crippen molar-refractivity contribution >= 4 is 17.0 Å². The standard InChI is InChI=1S/C14H19N3S/c1-10-16-12(9-18-10)8-14(15)11-5-4-6-13(7-11)17(2)3/h4-7,9,14H,8,15H2,1-3H3. The smallest absolute Gasteiger partial charge is 0.0897 e. The van der Waals surface area contributed by atoms with Gasteiger partial charge in [0.15, 0.2) is 0 Å². The Bertz CT molecular complexity index is 519. The summed E-state index contributed by atoms with van der Waals surface area (Å²) in [6, 6.07) is 8.37. The largest absolute Gasteiger partial charge is 0.378 e. The fraction of sp³-hybridized carbons (Fsp3) is 0.357. The van der Waals surface area contributed by atoms with E-state index in [0.717, 1.165) is 22.7 Å². The van der Waals surface area contributed by atoms with Gasteiger partial charge in [0.05, 0.1) is 10.7 Å². The minimum absolute atomic E-state index is 0.00593. The number of aryl methyl sites for hydroxylation is 1. The highest BCUT2D eigenvalue weighted by atomic mass is 32.1.